The summed E-state index contributed by atoms with van der Waals surface area (Å²) in [6.07, 6.45) is 3.37. The monoisotopic (exact) mass is 307 g/mol. The lowest BCUT2D eigenvalue weighted by Crippen LogP contribution is -2.31. The summed E-state index contributed by atoms with van der Waals surface area (Å²) in [6.45, 7) is 2.63. The van der Waals surface area contributed by atoms with E-state index in [0.29, 0.717) is 29.5 Å². The summed E-state index contributed by atoms with van der Waals surface area (Å²) in [5.41, 5.74) is 0.993. The van der Waals surface area contributed by atoms with Crippen molar-refractivity contribution < 1.29 is 4.79 Å². The number of halogens is 1. The average molecular weight is 308 g/mol. The Morgan fingerprint density at radius 1 is 1.55 bits per heavy atom. The number of aromatic nitrogens is 2. The van der Waals surface area contributed by atoms with Crippen LogP contribution in [0.3, 0.4) is 0 Å². The minimum Gasteiger partial charge on any atom is -0.291 e. The molecule has 102 valence electrons. The first kappa shape index (κ1) is 13.1. The topological polar surface area (TPSA) is 79.6 Å². The Balaban J connectivity index is 1.86. The Bertz CT molecular complexity index is 739. The van der Waals surface area contributed by atoms with Gasteiger partial charge in [0.25, 0.3) is 5.91 Å². The number of aliphatic imine (C=N–C) groups is 2. The molecule has 0 spiro atoms. The van der Waals surface area contributed by atoms with Crippen LogP contribution in [-0.4, -0.2) is 34.6 Å². The molecule has 0 fully saturated rings. The van der Waals surface area contributed by atoms with Gasteiger partial charge >= 0.3 is 0 Å². The fourth-order valence-corrected chi connectivity index (χ4v) is 2.70. The van der Waals surface area contributed by atoms with Crippen LogP contribution in [0.1, 0.15) is 17.3 Å². The summed E-state index contributed by atoms with van der Waals surface area (Å²) in [7, 11) is 0. The van der Waals surface area contributed by atoms with E-state index in [1.165, 1.54) is 11.3 Å². The quantitative estimate of drug-likeness (QED) is 0.820. The van der Waals surface area contributed by atoms with Crippen molar-refractivity contribution in [3.63, 3.8) is 0 Å². The van der Waals surface area contributed by atoms with Gasteiger partial charge in [0, 0.05) is 23.7 Å². The number of fused-ring (bicyclic) bond motifs is 1. The molecule has 6 nitrogen and oxygen atoms in total. The van der Waals surface area contributed by atoms with Crippen LogP contribution in [0.4, 0.5) is 0 Å². The van der Waals surface area contributed by atoms with Crippen LogP contribution >= 0.6 is 22.9 Å². The van der Waals surface area contributed by atoms with Gasteiger partial charge in [-0.15, -0.1) is 11.3 Å². The zero-order chi connectivity index (χ0) is 14.1. The molecule has 2 aromatic heterocycles. The Hall–Kier alpha value is -1.86. The molecule has 3 heterocycles. The molecule has 0 saturated heterocycles. The molecular weight excluding hydrogens is 298 g/mol. The Morgan fingerprint density at radius 3 is 3.15 bits per heavy atom. The smallest absolute Gasteiger partial charge is 0.261 e. The minimum atomic E-state index is -0.295. The van der Waals surface area contributed by atoms with Crippen molar-refractivity contribution in [2.75, 3.05) is 6.54 Å². The van der Waals surface area contributed by atoms with Crippen LogP contribution in [0.5, 0.6) is 0 Å². The zero-order valence-corrected chi connectivity index (χ0v) is 12.1. The van der Waals surface area contributed by atoms with Crippen molar-refractivity contribution >= 4 is 51.2 Å². The first-order chi connectivity index (χ1) is 9.63. The average Bonchev–Trinajstić information content (AvgIpc) is 2.84. The molecule has 1 amide bonds. The highest BCUT2D eigenvalue weighted by Gasteiger charge is 2.17. The molecule has 20 heavy (non-hydrogen) atoms. The van der Waals surface area contributed by atoms with E-state index in [1.54, 1.807) is 17.8 Å². The lowest BCUT2D eigenvalue weighted by Gasteiger charge is -2.10. The number of hydrogen-bond donors (Lipinski definition) is 1. The molecule has 0 aromatic carbocycles. The van der Waals surface area contributed by atoms with Crippen LogP contribution in [-0.2, 0) is 0 Å². The molecule has 0 aliphatic carbocycles. The number of hydrogen-bond acceptors (Lipinski definition) is 6. The van der Waals surface area contributed by atoms with Gasteiger partial charge in [0.05, 0.1) is 22.3 Å². The maximum Gasteiger partial charge on any atom is 0.261 e. The van der Waals surface area contributed by atoms with Gasteiger partial charge in [-0.3, -0.25) is 15.1 Å². The van der Waals surface area contributed by atoms with Crippen LogP contribution in [0.2, 0.25) is 5.28 Å². The number of rotatable bonds is 1. The van der Waals surface area contributed by atoms with Crippen molar-refractivity contribution in [2.24, 2.45) is 15.9 Å². The Labute approximate surface area is 123 Å². The van der Waals surface area contributed by atoms with E-state index in [1.807, 2.05) is 6.92 Å². The number of carbonyl (C=O) groups excluding carboxylic acids is 1. The molecule has 1 atom stereocenters. The fraction of sp³-hybridized carbons (Fsp3) is 0.250. The van der Waals surface area contributed by atoms with Crippen molar-refractivity contribution in [1.29, 1.82) is 0 Å². The molecule has 1 unspecified atom stereocenters. The summed E-state index contributed by atoms with van der Waals surface area (Å²) in [4.78, 5) is 28.5. The van der Waals surface area contributed by atoms with E-state index in [2.05, 4.69) is 25.3 Å². The predicted octanol–water partition coefficient (Wildman–Crippen LogP) is 2.15. The Kier molecular flexibility index (Phi) is 3.45. The van der Waals surface area contributed by atoms with E-state index in [-0.39, 0.29) is 11.2 Å². The van der Waals surface area contributed by atoms with Crippen molar-refractivity contribution in [1.82, 2.24) is 15.3 Å². The summed E-state index contributed by atoms with van der Waals surface area (Å²) in [6, 6.07) is 0. The fourth-order valence-electron chi connectivity index (χ4n) is 1.72. The maximum absolute atomic E-state index is 12.2. The van der Waals surface area contributed by atoms with Gasteiger partial charge in [0.2, 0.25) is 11.2 Å². The second-order valence-corrected chi connectivity index (χ2v) is 5.62. The number of thiophene rings is 1. The third-order valence-corrected chi connectivity index (χ3v) is 3.82. The summed E-state index contributed by atoms with van der Waals surface area (Å²) >= 11 is 7.15. The molecule has 0 radical (unpaired) electrons. The van der Waals surface area contributed by atoms with E-state index < -0.39 is 0 Å². The number of nitrogens with zero attached hydrogens (tertiary/aromatic N) is 4. The highest BCUT2D eigenvalue weighted by Crippen LogP contribution is 2.24. The van der Waals surface area contributed by atoms with Gasteiger partial charge in [0.15, 0.2) is 0 Å². The first-order valence-electron chi connectivity index (χ1n) is 5.93. The molecule has 1 N–H and O–H groups in total. The number of nitrogens with one attached hydrogen (secondary N) is 1. The first-order valence-corrected chi connectivity index (χ1v) is 7.19. The lowest BCUT2D eigenvalue weighted by molar-refractivity contribution is 0.0978. The molecule has 0 saturated carbocycles. The van der Waals surface area contributed by atoms with Gasteiger partial charge in [-0.2, -0.15) is 0 Å². The SMILES string of the molecule is CC1C=NC(NC(=O)c2csc3cnc(Cl)nc23)=NC1. The normalized spacial score (nSPS) is 18.1. The summed E-state index contributed by atoms with van der Waals surface area (Å²) in [5, 5.41) is 4.51. The number of amides is 1. The second kappa shape index (κ2) is 5.26. The van der Waals surface area contributed by atoms with Gasteiger partial charge < -0.3 is 0 Å². The van der Waals surface area contributed by atoms with Crippen LogP contribution in [0.15, 0.2) is 21.6 Å². The van der Waals surface area contributed by atoms with Crippen molar-refractivity contribution in [3.8, 4) is 0 Å². The highest BCUT2D eigenvalue weighted by atomic mass is 35.5. The third-order valence-electron chi connectivity index (χ3n) is 2.73. The van der Waals surface area contributed by atoms with Crippen molar-refractivity contribution in [2.45, 2.75) is 6.92 Å². The van der Waals surface area contributed by atoms with Gasteiger partial charge in [-0.1, -0.05) is 6.92 Å². The van der Waals surface area contributed by atoms with Crippen LogP contribution in [0, 0.1) is 5.92 Å². The molecule has 1 aliphatic rings. The second-order valence-electron chi connectivity index (χ2n) is 4.38. The molecule has 2 aromatic rings. The van der Waals surface area contributed by atoms with Gasteiger partial charge in [-0.05, 0) is 11.6 Å². The predicted molar refractivity (Wildman–Crippen MR) is 79.8 cm³/mol. The minimum absolute atomic E-state index is 0.117. The van der Waals surface area contributed by atoms with Crippen LogP contribution in [0.25, 0.3) is 10.2 Å². The largest absolute Gasteiger partial charge is 0.291 e. The third kappa shape index (κ3) is 2.54. The van der Waals surface area contributed by atoms with Gasteiger partial charge in [-0.25, -0.2) is 15.0 Å². The number of guanidine groups is 1. The highest BCUT2D eigenvalue weighted by molar-refractivity contribution is 7.17. The maximum atomic E-state index is 12.2. The Morgan fingerprint density at radius 2 is 2.40 bits per heavy atom. The molecule has 8 heteroatoms. The van der Waals surface area contributed by atoms with E-state index in [4.69, 9.17) is 11.6 Å². The van der Waals surface area contributed by atoms with E-state index >= 15 is 0 Å². The van der Waals surface area contributed by atoms with E-state index in [9.17, 15) is 4.79 Å². The lowest BCUT2D eigenvalue weighted by atomic mass is 10.2. The molecule has 0 bridgehead atoms. The van der Waals surface area contributed by atoms with E-state index in [0.717, 1.165) is 4.70 Å². The summed E-state index contributed by atoms with van der Waals surface area (Å²) < 4.78 is 0.808. The van der Waals surface area contributed by atoms with Crippen LogP contribution < -0.4 is 5.32 Å². The number of carbonyl (C=O) groups is 1. The molecule has 1 aliphatic heterocycles. The summed E-state index contributed by atoms with van der Waals surface area (Å²) in [5.74, 6) is 0.327. The molecule has 3 rings (SSSR count). The molecular formula is C12H10ClN5OS. The van der Waals surface area contributed by atoms with Crippen molar-refractivity contribution in [3.05, 3.63) is 22.4 Å². The standard InChI is InChI=1S/C12H10ClN5OS/c1-6-2-15-12(16-3-6)18-10(19)7-5-20-8-4-14-11(13)17-9(7)8/h2,4-6H,3H2,1H3,(H,16,18,19). The van der Waals surface area contributed by atoms with Gasteiger partial charge in [0.1, 0.15) is 0 Å². The zero-order valence-electron chi connectivity index (χ0n) is 10.5.